The number of methoxy groups -OCH3 is 1. The third-order valence-corrected chi connectivity index (χ3v) is 4.56. The summed E-state index contributed by atoms with van der Waals surface area (Å²) in [6.45, 7) is 1.33. The van der Waals surface area contributed by atoms with Crippen LogP contribution < -0.4 is 4.74 Å². The number of hydrogen-bond donors (Lipinski definition) is 0. The van der Waals surface area contributed by atoms with E-state index in [9.17, 15) is 4.79 Å². The van der Waals surface area contributed by atoms with Crippen molar-refractivity contribution in [3.05, 3.63) is 47.0 Å². The first kappa shape index (κ1) is 15.9. The number of imidazole rings is 1. The van der Waals surface area contributed by atoms with Crippen LogP contribution in [0.5, 0.6) is 5.75 Å². The van der Waals surface area contributed by atoms with Crippen molar-refractivity contribution in [3.63, 3.8) is 0 Å². The molecule has 6 heteroatoms. The van der Waals surface area contributed by atoms with E-state index in [2.05, 4.69) is 9.55 Å². The monoisotopic (exact) mass is 333 g/mol. The van der Waals surface area contributed by atoms with Gasteiger partial charge in [0.15, 0.2) is 0 Å². The highest BCUT2D eigenvalue weighted by Crippen LogP contribution is 2.26. The summed E-state index contributed by atoms with van der Waals surface area (Å²) < 4.78 is 7.47. The fourth-order valence-corrected chi connectivity index (χ4v) is 3.27. The zero-order chi connectivity index (χ0) is 16.4. The van der Waals surface area contributed by atoms with E-state index in [4.69, 9.17) is 16.3 Å². The first-order valence-corrected chi connectivity index (χ1v) is 8.03. The Balaban J connectivity index is 1.70. The van der Waals surface area contributed by atoms with Crippen LogP contribution in [0.15, 0.2) is 30.6 Å². The second-order valence-corrected chi connectivity index (χ2v) is 6.31. The van der Waals surface area contributed by atoms with E-state index in [1.165, 1.54) is 0 Å². The predicted molar refractivity (Wildman–Crippen MR) is 88.5 cm³/mol. The normalized spacial score (nSPS) is 16.7. The van der Waals surface area contributed by atoms with Gasteiger partial charge in [-0.15, -0.1) is 0 Å². The Labute approximate surface area is 140 Å². The van der Waals surface area contributed by atoms with E-state index in [1.807, 2.05) is 25.4 Å². The minimum absolute atomic E-state index is 0.0138. The standard InChI is InChI=1S/C17H20ClN3O2/c1-20(11-13-9-14(18)3-4-15(13)23-2)17(22)12-5-7-21-8-6-19-16(21)10-12/h3-4,6,8-9,12H,5,7,10-11H2,1-2H3/t12-/m1/s1. The predicted octanol–water partition coefficient (Wildman–Crippen LogP) is 2.77. The summed E-state index contributed by atoms with van der Waals surface area (Å²) in [5, 5.41) is 0.640. The Bertz CT molecular complexity index is 714. The van der Waals surface area contributed by atoms with Gasteiger partial charge in [0.1, 0.15) is 11.6 Å². The topological polar surface area (TPSA) is 47.4 Å². The van der Waals surface area contributed by atoms with Gasteiger partial charge in [-0.05, 0) is 24.6 Å². The van der Waals surface area contributed by atoms with Gasteiger partial charge in [-0.25, -0.2) is 4.98 Å². The molecular weight excluding hydrogens is 314 g/mol. The smallest absolute Gasteiger partial charge is 0.226 e. The van der Waals surface area contributed by atoms with Gasteiger partial charge in [-0.1, -0.05) is 11.6 Å². The number of fused-ring (bicyclic) bond motifs is 1. The van der Waals surface area contributed by atoms with Crippen molar-refractivity contribution in [2.24, 2.45) is 5.92 Å². The number of carbonyl (C=O) groups is 1. The number of halogens is 1. The number of benzene rings is 1. The minimum atomic E-state index is -0.0138. The third kappa shape index (κ3) is 3.34. The molecule has 122 valence electrons. The van der Waals surface area contributed by atoms with Crippen LogP contribution in [0.4, 0.5) is 0 Å². The van der Waals surface area contributed by atoms with Crippen LogP contribution in [0.3, 0.4) is 0 Å². The molecule has 0 saturated carbocycles. The highest BCUT2D eigenvalue weighted by molar-refractivity contribution is 6.30. The minimum Gasteiger partial charge on any atom is -0.496 e. The molecule has 2 heterocycles. The van der Waals surface area contributed by atoms with E-state index < -0.39 is 0 Å². The lowest BCUT2D eigenvalue weighted by Crippen LogP contribution is -2.36. The third-order valence-electron chi connectivity index (χ3n) is 4.32. The average Bonchev–Trinajstić information content (AvgIpc) is 3.01. The SMILES string of the molecule is COc1ccc(Cl)cc1CN(C)C(=O)[C@@H]1CCn2ccnc2C1. The molecule has 3 rings (SSSR count). The molecule has 0 saturated heterocycles. The summed E-state index contributed by atoms with van der Waals surface area (Å²) in [7, 11) is 3.44. The van der Waals surface area contributed by atoms with Crippen LogP contribution in [-0.4, -0.2) is 34.5 Å². The Morgan fingerprint density at radius 2 is 2.35 bits per heavy atom. The zero-order valence-electron chi connectivity index (χ0n) is 13.3. The summed E-state index contributed by atoms with van der Waals surface area (Å²) in [5.41, 5.74) is 0.910. The van der Waals surface area contributed by atoms with Crippen molar-refractivity contribution in [1.29, 1.82) is 0 Å². The average molecular weight is 334 g/mol. The molecule has 0 aliphatic carbocycles. The van der Waals surface area contributed by atoms with Crippen molar-refractivity contribution in [2.45, 2.75) is 25.9 Å². The Kier molecular flexibility index (Phi) is 4.57. The van der Waals surface area contributed by atoms with E-state index in [0.29, 0.717) is 18.0 Å². The van der Waals surface area contributed by atoms with Crippen molar-refractivity contribution >= 4 is 17.5 Å². The second-order valence-electron chi connectivity index (χ2n) is 5.88. The number of carbonyl (C=O) groups excluding carboxylic acids is 1. The second kappa shape index (κ2) is 6.62. The molecule has 0 N–H and O–H groups in total. The lowest BCUT2D eigenvalue weighted by molar-refractivity contribution is -0.135. The molecular formula is C17H20ClN3O2. The lowest BCUT2D eigenvalue weighted by Gasteiger charge is -2.27. The molecule has 0 unspecified atom stereocenters. The maximum Gasteiger partial charge on any atom is 0.226 e. The lowest BCUT2D eigenvalue weighted by atomic mass is 9.96. The van der Waals surface area contributed by atoms with Gasteiger partial charge < -0.3 is 14.2 Å². The van der Waals surface area contributed by atoms with E-state index >= 15 is 0 Å². The molecule has 1 aromatic carbocycles. The van der Waals surface area contributed by atoms with Crippen LogP contribution in [-0.2, 0) is 24.3 Å². The first-order valence-electron chi connectivity index (χ1n) is 7.66. The summed E-state index contributed by atoms with van der Waals surface area (Å²) in [6.07, 6.45) is 5.31. The molecule has 5 nitrogen and oxygen atoms in total. The number of nitrogens with zero attached hydrogens (tertiary/aromatic N) is 3. The van der Waals surface area contributed by atoms with E-state index in [0.717, 1.165) is 30.1 Å². The molecule has 0 radical (unpaired) electrons. The summed E-state index contributed by atoms with van der Waals surface area (Å²) in [5.74, 6) is 1.86. The van der Waals surface area contributed by atoms with E-state index in [1.54, 1.807) is 24.3 Å². The van der Waals surface area contributed by atoms with Gasteiger partial charge >= 0.3 is 0 Å². The van der Waals surface area contributed by atoms with Gasteiger partial charge in [0.2, 0.25) is 5.91 Å². The van der Waals surface area contributed by atoms with Crippen LogP contribution >= 0.6 is 11.6 Å². The quantitative estimate of drug-likeness (QED) is 0.864. The Hall–Kier alpha value is -2.01. The van der Waals surface area contributed by atoms with Gasteiger partial charge in [0.25, 0.3) is 0 Å². The molecule has 1 aliphatic rings. The molecule has 0 spiro atoms. The number of rotatable bonds is 4. The number of amides is 1. The van der Waals surface area contributed by atoms with Crippen LogP contribution in [0, 0.1) is 5.92 Å². The van der Waals surface area contributed by atoms with Crippen molar-refractivity contribution < 1.29 is 9.53 Å². The van der Waals surface area contributed by atoms with Crippen molar-refractivity contribution in [1.82, 2.24) is 14.5 Å². The highest BCUT2D eigenvalue weighted by Gasteiger charge is 2.27. The van der Waals surface area contributed by atoms with Crippen LogP contribution in [0.1, 0.15) is 17.8 Å². The van der Waals surface area contributed by atoms with Crippen LogP contribution in [0.2, 0.25) is 5.02 Å². The van der Waals surface area contributed by atoms with Crippen molar-refractivity contribution in [2.75, 3.05) is 14.2 Å². The molecule has 1 atom stereocenters. The fourth-order valence-electron chi connectivity index (χ4n) is 3.08. The van der Waals surface area contributed by atoms with Gasteiger partial charge in [0.05, 0.1) is 7.11 Å². The van der Waals surface area contributed by atoms with Gasteiger partial charge in [0, 0.05) is 55.5 Å². The van der Waals surface area contributed by atoms with E-state index in [-0.39, 0.29) is 11.8 Å². The number of aryl methyl sites for hydroxylation is 1. The molecule has 0 fully saturated rings. The number of ether oxygens (including phenoxy) is 1. The first-order chi connectivity index (χ1) is 11.1. The number of hydrogen-bond acceptors (Lipinski definition) is 3. The molecule has 2 aromatic rings. The molecule has 1 aliphatic heterocycles. The molecule has 23 heavy (non-hydrogen) atoms. The molecule has 1 aromatic heterocycles. The Morgan fingerprint density at radius 3 is 3.13 bits per heavy atom. The zero-order valence-corrected chi connectivity index (χ0v) is 14.1. The molecule has 1 amide bonds. The summed E-state index contributed by atoms with van der Waals surface area (Å²) >= 11 is 6.06. The largest absolute Gasteiger partial charge is 0.496 e. The summed E-state index contributed by atoms with van der Waals surface area (Å²) in [6, 6.07) is 5.46. The van der Waals surface area contributed by atoms with Gasteiger partial charge in [-0.2, -0.15) is 0 Å². The fraction of sp³-hybridized carbons (Fsp3) is 0.412. The highest BCUT2D eigenvalue weighted by atomic mass is 35.5. The Morgan fingerprint density at radius 1 is 1.52 bits per heavy atom. The summed E-state index contributed by atoms with van der Waals surface area (Å²) in [4.78, 5) is 18.8. The number of aromatic nitrogens is 2. The maximum atomic E-state index is 12.7. The van der Waals surface area contributed by atoms with Crippen molar-refractivity contribution in [3.8, 4) is 5.75 Å². The maximum absolute atomic E-state index is 12.7. The molecule has 0 bridgehead atoms. The van der Waals surface area contributed by atoms with Gasteiger partial charge in [-0.3, -0.25) is 4.79 Å². The van der Waals surface area contributed by atoms with Crippen LogP contribution in [0.25, 0.3) is 0 Å².